The van der Waals surface area contributed by atoms with Crippen LogP contribution in [0.25, 0.3) is 0 Å². The van der Waals surface area contributed by atoms with Gasteiger partial charge in [-0.25, -0.2) is 14.8 Å². The standard InChI is InChI=1S/C13H17N3O4/c1-8-7-16(4-3-9(8)13(19)20-2)11-6-14-10(5-15-11)12(17)18/h5-6,8-9H,3-4,7H2,1-2H3,(H,17,18). The van der Waals surface area contributed by atoms with E-state index in [0.717, 1.165) is 0 Å². The Morgan fingerprint density at radius 1 is 1.40 bits per heavy atom. The fraction of sp³-hybridized carbons (Fsp3) is 0.538. The van der Waals surface area contributed by atoms with E-state index < -0.39 is 5.97 Å². The van der Waals surface area contributed by atoms with Crippen molar-refractivity contribution in [3.05, 3.63) is 18.1 Å². The molecule has 1 fully saturated rings. The lowest BCUT2D eigenvalue weighted by atomic mass is 9.87. The molecule has 2 rings (SSSR count). The zero-order valence-corrected chi connectivity index (χ0v) is 11.4. The molecule has 0 saturated carbocycles. The Hall–Kier alpha value is -2.18. The zero-order chi connectivity index (χ0) is 14.7. The second-order valence-corrected chi connectivity index (χ2v) is 4.91. The summed E-state index contributed by atoms with van der Waals surface area (Å²) in [6.07, 6.45) is 3.39. The fourth-order valence-corrected chi connectivity index (χ4v) is 2.45. The number of piperidine rings is 1. The van der Waals surface area contributed by atoms with Gasteiger partial charge < -0.3 is 14.7 Å². The number of carboxylic acids is 1. The third-order valence-electron chi connectivity index (χ3n) is 3.59. The van der Waals surface area contributed by atoms with E-state index in [0.29, 0.717) is 25.3 Å². The Bertz CT molecular complexity index is 503. The number of rotatable bonds is 3. The lowest BCUT2D eigenvalue weighted by molar-refractivity contribution is -0.147. The Labute approximate surface area is 116 Å². The maximum Gasteiger partial charge on any atom is 0.356 e. The summed E-state index contributed by atoms with van der Waals surface area (Å²) < 4.78 is 4.79. The summed E-state index contributed by atoms with van der Waals surface area (Å²) in [6.45, 7) is 3.33. The largest absolute Gasteiger partial charge is 0.476 e. The van der Waals surface area contributed by atoms with Crippen molar-refractivity contribution in [2.45, 2.75) is 13.3 Å². The number of methoxy groups -OCH3 is 1. The number of aromatic carboxylic acids is 1. The molecule has 2 atom stereocenters. The first-order valence-corrected chi connectivity index (χ1v) is 6.41. The van der Waals surface area contributed by atoms with Crippen LogP contribution in [0.4, 0.5) is 5.82 Å². The quantitative estimate of drug-likeness (QED) is 0.818. The number of aromatic nitrogens is 2. The van der Waals surface area contributed by atoms with Crippen molar-refractivity contribution in [2.24, 2.45) is 11.8 Å². The van der Waals surface area contributed by atoms with E-state index in [1.54, 1.807) is 0 Å². The maximum absolute atomic E-state index is 11.6. The number of nitrogens with zero attached hydrogens (tertiary/aromatic N) is 3. The summed E-state index contributed by atoms with van der Waals surface area (Å²) in [7, 11) is 1.40. The summed E-state index contributed by atoms with van der Waals surface area (Å²) in [5, 5.41) is 8.78. The second kappa shape index (κ2) is 5.85. The lowest BCUT2D eigenvalue weighted by Crippen LogP contribution is -2.42. The predicted molar refractivity (Wildman–Crippen MR) is 70.5 cm³/mol. The van der Waals surface area contributed by atoms with Crippen molar-refractivity contribution >= 4 is 17.8 Å². The van der Waals surface area contributed by atoms with Crippen LogP contribution >= 0.6 is 0 Å². The number of carbonyl (C=O) groups excluding carboxylic acids is 1. The van der Waals surface area contributed by atoms with Gasteiger partial charge in [-0.15, -0.1) is 0 Å². The van der Waals surface area contributed by atoms with Crippen molar-refractivity contribution in [3.8, 4) is 0 Å². The third-order valence-corrected chi connectivity index (χ3v) is 3.59. The summed E-state index contributed by atoms with van der Waals surface area (Å²) >= 11 is 0. The number of hydrogen-bond donors (Lipinski definition) is 1. The van der Waals surface area contributed by atoms with Gasteiger partial charge in [0.15, 0.2) is 5.69 Å². The highest BCUT2D eigenvalue weighted by molar-refractivity contribution is 5.84. The van der Waals surface area contributed by atoms with E-state index in [9.17, 15) is 9.59 Å². The molecule has 108 valence electrons. The van der Waals surface area contributed by atoms with Gasteiger partial charge >= 0.3 is 11.9 Å². The van der Waals surface area contributed by atoms with Gasteiger partial charge in [0.1, 0.15) is 5.82 Å². The number of ether oxygens (including phenoxy) is 1. The Morgan fingerprint density at radius 3 is 2.65 bits per heavy atom. The van der Waals surface area contributed by atoms with Crippen LogP contribution in [0, 0.1) is 11.8 Å². The van der Waals surface area contributed by atoms with E-state index in [1.165, 1.54) is 19.5 Å². The van der Waals surface area contributed by atoms with Crippen molar-refractivity contribution in [1.82, 2.24) is 9.97 Å². The van der Waals surface area contributed by atoms with E-state index in [2.05, 4.69) is 9.97 Å². The molecule has 1 aliphatic heterocycles. The normalized spacial score (nSPS) is 22.4. The van der Waals surface area contributed by atoms with Crippen molar-refractivity contribution in [2.75, 3.05) is 25.1 Å². The van der Waals surface area contributed by atoms with Crippen LogP contribution in [0.2, 0.25) is 0 Å². The minimum absolute atomic E-state index is 0.0776. The summed E-state index contributed by atoms with van der Waals surface area (Å²) in [5.41, 5.74) is -0.0776. The molecule has 7 nitrogen and oxygen atoms in total. The lowest BCUT2D eigenvalue weighted by Gasteiger charge is -2.35. The molecule has 0 aromatic carbocycles. The first kappa shape index (κ1) is 14.2. The Balaban J connectivity index is 2.05. The molecule has 1 aromatic heterocycles. The van der Waals surface area contributed by atoms with Crippen LogP contribution in [-0.4, -0.2) is 47.2 Å². The molecule has 1 N–H and O–H groups in total. The van der Waals surface area contributed by atoms with E-state index in [-0.39, 0.29) is 23.5 Å². The minimum Gasteiger partial charge on any atom is -0.476 e. The second-order valence-electron chi connectivity index (χ2n) is 4.91. The summed E-state index contributed by atoms with van der Waals surface area (Å²) in [4.78, 5) is 32.3. The Morgan fingerprint density at radius 2 is 2.15 bits per heavy atom. The first-order valence-electron chi connectivity index (χ1n) is 6.41. The average molecular weight is 279 g/mol. The molecule has 0 radical (unpaired) electrons. The fourth-order valence-electron chi connectivity index (χ4n) is 2.45. The molecular formula is C13H17N3O4. The van der Waals surface area contributed by atoms with Gasteiger partial charge in [-0.2, -0.15) is 0 Å². The average Bonchev–Trinajstić information content (AvgIpc) is 2.46. The molecular weight excluding hydrogens is 262 g/mol. The number of anilines is 1. The highest BCUT2D eigenvalue weighted by atomic mass is 16.5. The Kier molecular flexibility index (Phi) is 4.16. The van der Waals surface area contributed by atoms with Gasteiger partial charge in [-0.1, -0.05) is 6.92 Å². The number of carboxylic acid groups (broad SMARTS) is 1. The van der Waals surface area contributed by atoms with Crippen LogP contribution in [0.1, 0.15) is 23.8 Å². The summed E-state index contributed by atoms with van der Waals surface area (Å²) in [6, 6.07) is 0. The molecule has 0 spiro atoms. The molecule has 1 aromatic rings. The van der Waals surface area contributed by atoms with Crippen molar-refractivity contribution < 1.29 is 19.4 Å². The molecule has 1 saturated heterocycles. The van der Waals surface area contributed by atoms with Gasteiger partial charge in [0.05, 0.1) is 25.4 Å². The monoisotopic (exact) mass is 279 g/mol. The maximum atomic E-state index is 11.6. The molecule has 2 heterocycles. The van der Waals surface area contributed by atoms with Crippen LogP contribution < -0.4 is 4.90 Å². The molecule has 1 aliphatic rings. The third kappa shape index (κ3) is 2.87. The zero-order valence-electron chi connectivity index (χ0n) is 11.4. The van der Waals surface area contributed by atoms with Crippen LogP contribution in [0.15, 0.2) is 12.4 Å². The van der Waals surface area contributed by atoms with E-state index in [1.807, 2.05) is 11.8 Å². The van der Waals surface area contributed by atoms with E-state index >= 15 is 0 Å². The topological polar surface area (TPSA) is 92.6 Å². The molecule has 2 unspecified atom stereocenters. The predicted octanol–water partition coefficient (Wildman–Crippen LogP) is 0.810. The number of esters is 1. The summed E-state index contributed by atoms with van der Waals surface area (Å²) in [5.74, 6) is -0.587. The number of hydrogen-bond acceptors (Lipinski definition) is 6. The van der Waals surface area contributed by atoms with Gasteiger partial charge in [-0.3, -0.25) is 4.79 Å². The molecule has 0 bridgehead atoms. The van der Waals surface area contributed by atoms with Gasteiger partial charge in [-0.05, 0) is 12.3 Å². The van der Waals surface area contributed by atoms with Gasteiger partial charge in [0, 0.05) is 13.1 Å². The highest BCUT2D eigenvalue weighted by Crippen LogP contribution is 2.26. The molecule has 0 aliphatic carbocycles. The molecule has 0 amide bonds. The van der Waals surface area contributed by atoms with Crippen LogP contribution in [0.3, 0.4) is 0 Å². The highest BCUT2D eigenvalue weighted by Gasteiger charge is 2.32. The smallest absolute Gasteiger partial charge is 0.356 e. The van der Waals surface area contributed by atoms with Crippen molar-refractivity contribution in [3.63, 3.8) is 0 Å². The SMILES string of the molecule is COC(=O)C1CCN(c2cnc(C(=O)O)cn2)CC1C. The minimum atomic E-state index is -1.10. The molecule has 7 heteroatoms. The number of carbonyl (C=O) groups is 2. The van der Waals surface area contributed by atoms with Gasteiger partial charge in [0.2, 0.25) is 0 Å². The van der Waals surface area contributed by atoms with Crippen LogP contribution in [-0.2, 0) is 9.53 Å². The van der Waals surface area contributed by atoms with E-state index in [4.69, 9.17) is 9.84 Å². The van der Waals surface area contributed by atoms with Gasteiger partial charge in [0.25, 0.3) is 0 Å². The van der Waals surface area contributed by atoms with Crippen molar-refractivity contribution in [1.29, 1.82) is 0 Å². The first-order chi connectivity index (χ1) is 9.52. The molecule has 20 heavy (non-hydrogen) atoms. The van der Waals surface area contributed by atoms with Crippen LogP contribution in [0.5, 0.6) is 0 Å².